The molecule has 9 nitrogen and oxygen atoms in total. The van der Waals surface area contributed by atoms with E-state index in [9.17, 15) is 47.4 Å². The van der Waals surface area contributed by atoms with Crippen molar-refractivity contribution in [2.24, 2.45) is 41.2 Å². The van der Waals surface area contributed by atoms with Gasteiger partial charge in [-0.2, -0.15) is 13.2 Å². The fraction of sp³-hybridized carbons (Fsp3) is 0.452. The summed E-state index contributed by atoms with van der Waals surface area (Å²) in [5.74, 6) is -12.5. The van der Waals surface area contributed by atoms with E-state index in [1.165, 1.54) is 6.07 Å². The monoisotopic (exact) mass is 600 g/mol. The summed E-state index contributed by atoms with van der Waals surface area (Å²) in [6, 6.07) is 9.51. The maximum atomic E-state index is 13.9. The van der Waals surface area contributed by atoms with Crippen LogP contribution < -0.4 is 11.1 Å². The number of nitrogens with two attached hydrogens (primary N) is 1. The van der Waals surface area contributed by atoms with Gasteiger partial charge < -0.3 is 21.3 Å². The number of fused-ring (bicyclic) bond motifs is 3. The van der Waals surface area contributed by atoms with Crippen molar-refractivity contribution >= 4 is 29.0 Å². The number of halogens is 3. The lowest BCUT2D eigenvalue weighted by atomic mass is 9.49. The molecule has 1 amide bonds. The van der Waals surface area contributed by atoms with Crippen molar-refractivity contribution in [3.8, 4) is 16.9 Å². The Morgan fingerprint density at radius 3 is 2.30 bits per heavy atom. The Morgan fingerprint density at radius 2 is 1.72 bits per heavy atom. The fourth-order valence-corrected chi connectivity index (χ4v) is 7.28. The molecule has 2 aromatic rings. The molecular weight excluding hydrogens is 569 g/mol. The molecule has 0 bridgehead atoms. The highest BCUT2D eigenvalue weighted by Crippen LogP contribution is 2.53. The lowest BCUT2D eigenvalue weighted by molar-refractivity contribution is -0.182. The molecule has 0 heterocycles. The first-order valence-electron chi connectivity index (χ1n) is 14.0. The number of alkyl halides is 3. The summed E-state index contributed by atoms with van der Waals surface area (Å²) in [6.45, 7) is 2.19. The second-order valence-corrected chi connectivity index (χ2v) is 12.1. The maximum Gasteiger partial charge on any atom is 0.401 e. The van der Waals surface area contributed by atoms with E-state index in [1.807, 2.05) is 0 Å². The predicted molar refractivity (Wildman–Crippen MR) is 145 cm³/mol. The molecule has 2 saturated carbocycles. The van der Waals surface area contributed by atoms with Crippen LogP contribution in [0.2, 0.25) is 0 Å². The van der Waals surface area contributed by atoms with Crippen LogP contribution in [0, 0.1) is 35.5 Å². The molecule has 0 aromatic heterocycles. The normalized spacial score (nSPS) is 28.9. The van der Waals surface area contributed by atoms with Crippen molar-refractivity contribution in [2.45, 2.75) is 45.0 Å². The van der Waals surface area contributed by atoms with E-state index < -0.39 is 88.6 Å². The van der Waals surface area contributed by atoms with Gasteiger partial charge in [-0.15, -0.1) is 0 Å². The molecule has 2 unspecified atom stereocenters. The Labute approximate surface area is 244 Å². The average Bonchev–Trinajstić information content (AvgIpc) is 2.90. The van der Waals surface area contributed by atoms with Gasteiger partial charge in [-0.1, -0.05) is 44.2 Å². The van der Waals surface area contributed by atoms with Crippen LogP contribution >= 0.6 is 0 Å². The van der Waals surface area contributed by atoms with Crippen LogP contribution in [0.4, 0.5) is 13.2 Å². The maximum absolute atomic E-state index is 13.9. The van der Waals surface area contributed by atoms with Crippen LogP contribution in [0.1, 0.15) is 41.8 Å². The number of Topliss-reactive ketones (excluding diaryl/α,β-unsaturated/α-hetero) is 4. The minimum Gasteiger partial charge on any atom is -0.507 e. The molecule has 5 N–H and O–H groups in total. The Morgan fingerprint density at radius 1 is 1.07 bits per heavy atom. The zero-order valence-electron chi connectivity index (χ0n) is 23.4. The van der Waals surface area contributed by atoms with Gasteiger partial charge in [0.2, 0.25) is 5.91 Å². The van der Waals surface area contributed by atoms with Crippen molar-refractivity contribution in [1.29, 1.82) is 0 Å². The lowest BCUT2D eigenvalue weighted by Gasteiger charge is -2.52. The molecule has 228 valence electrons. The van der Waals surface area contributed by atoms with Crippen molar-refractivity contribution in [2.75, 3.05) is 6.54 Å². The molecule has 2 aromatic carbocycles. The second kappa shape index (κ2) is 10.7. The third-order valence-corrected chi connectivity index (χ3v) is 9.12. The number of amides is 1. The van der Waals surface area contributed by atoms with E-state index in [4.69, 9.17) is 5.73 Å². The van der Waals surface area contributed by atoms with Gasteiger partial charge in [-0.25, -0.2) is 0 Å². The quantitative estimate of drug-likeness (QED) is 0.368. The third kappa shape index (κ3) is 4.96. The Kier molecular flexibility index (Phi) is 7.58. The number of aliphatic hydroxyl groups is 1. The topological polar surface area (TPSA) is 164 Å². The van der Waals surface area contributed by atoms with Gasteiger partial charge in [0.15, 0.2) is 34.7 Å². The van der Waals surface area contributed by atoms with Gasteiger partial charge >= 0.3 is 6.18 Å². The van der Waals surface area contributed by atoms with Gasteiger partial charge in [0.1, 0.15) is 5.75 Å². The summed E-state index contributed by atoms with van der Waals surface area (Å²) in [5, 5.41) is 24.7. The van der Waals surface area contributed by atoms with Gasteiger partial charge in [-0.3, -0.25) is 24.0 Å². The summed E-state index contributed by atoms with van der Waals surface area (Å²) in [5.41, 5.74) is 4.67. The van der Waals surface area contributed by atoms with Crippen molar-refractivity contribution in [3.05, 3.63) is 53.1 Å². The van der Waals surface area contributed by atoms with Crippen LogP contribution in [0.3, 0.4) is 0 Å². The molecule has 2 fully saturated rings. The van der Waals surface area contributed by atoms with Gasteiger partial charge in [0.25, 0.3) is 0 Å². The summed E-state index contributed by atoms with van der Waals surface area (Å²) in [4.78, 5) is 66.6. The van der Waals surface area contributed by atoms with E-state index in [1.54, 1.807) is 44.2 Å². The highest BCUT2D eigenvalue weighted by Gasteiger charge is 2.69. The summed E-state index contributed by atoms with van der Waals surface area (Å²) in [7, 11) is 0. The minimum atomic E-state index is -4.34. The smallest absolute Gasteiger partial charge is 0.401 e. The summed E-state index contributed by atoms with van der Waals surface area (Å²) in [6.07, 6.45) is -4.28. The highest BCUT2D eigenvalue weighted by molar-refractivity contribution is 6.32. The zero-order chi connectivity index (χ0) is 31.6. The van der Waals surface area contributed by atoms with Crippen LogP contribution in [0.15, 0.2) is 36.4 Å². The number of carbonyl (C=O) groups excluding carboxylic acids is 5. The molecule has 3 aliphatic carbocycles. The number of benzene rings is 2. The molecule has 0 saturated heterocycles. The first-order chi connectivity index (χ1) is 20.1. The van der Waals surface area contributed by atoms with E-state index >= 15 is 0 Å². The fourth-order valence-electron chi connectivity index (χ4n) is 7.28. The Hall–Kier alpha value is -3.90. The molecule has 0 radical (unpaired) electrons. The number of aromatic hydroxyl groups is 1. The Balaban J connectivity index is 1.52. The predicted octanol–water partition coefficient (Wildman–Crippen LogP) is 2.53. The number of phenolic OH excluding ortho intramolecular Hbond substituents is 1. The number of primary amides is 1. The summed E-state index contributed by atoms with van der Waals surface area (Å²) >= 11 is 0. The van der Waals surface area contributed by atoms with E-state index in [0.717, 1.165) is 0 Å². The third-order valence-electron chi connectivity index (χ3n) is 9.12. The molecule has 43 heavy (non-hydrogen) atoms. The first-order valence-corrected chi connectivity index (χ1v) is 14.0. The van der Waals surface area contributed by atoms with Gasteiger partial charge in [0.05, 0.1) is 18.0 Å². The largest absolute Gasteiger partial charge is 0.507 e. The lowest BCUT2D eigenvalue weighted by Crippen LogP contribution is -2.71. The van der Waals surface area contributed by atoms with Gasteiger partial charge in [0, 0.05) is 18.4 Å². The zero-order valence-corrected chi connectivity index (χ0v) is 23.4. The number of ketones is 4. The van der Waals surface area contributed by atoms with Crippen molar-refractivity contribution in [3.63, 3.8) is 0 Å². The molecule has 5 rings (SSSR count). The van der Waals surface area contributed by atoms with E-state index in [-0.39, 0.29) is 24.9 Å². The van der Waals surface area contributed by atoms with Crippen molar-refractivity contribution < 1.29 is 47.4 Å². The second-order valence-electron chi connectivity index (χ2n) is 12.1. The number of rotatable bonds is 6. The number of hydrogen-bond acceptors (Lipinski definition) is 8. The Bertz CT molecular complexity index is 1540. The van der Waals surface area contributed by atoms with Crippen LogP contribution in [-0.2, 0) is 32.1 Å². The van der Waals surface area contributed by atoms with Crippen LogP contribution in [0.25, 0.3) is 11.1 Å². The average molecular weight is 601 g/mol. The van der Waals surface area contributed by atoms with E-state index in [2.05, 4.69) is 5.32 Å². The molecule has 0 spiro atoms. The molecule has 0 aliphatic heterocycles. The SMILES string of the molecule is CC(C)[C@@H]1C(=O)C(C(N)=O)C(=O)[C@@]2(O)C(=O)C3C(=O)c4c(O)ccc(-c5ccc(CNCC(F)(F)F)cc5)c4C[C@H]3C[C@@H]12. The number of nitrogens with one attached hydrogen (secondary N) is 1. The number of hydrogen-bond donors (Lipinski definition) is 4. The minimum absolute atomic E-state index is 0.0206. The molecule has 12 heteroatoms. The number of phenols is 1. The van der Waals surface area contributed by atoms with Crippen LogP contribution in [0.5, 0.6) is 5.75 Å². The van der Waals surface area contributed by atoms with E-state index in [0.29, 0.717) is 22.3 Å². The summed E-state index contributed by atoms with van der Waals surface area (Å²) < 4.78 is 37.4. The van der Waals surface area contributed by atoms with Crippen molar-refractivity contribution in [1.82, 2.24) is 5.32 Å². The molecule has 3 aliphatic rings. The van der Waals surface area contributed by atoms with Crippen LogP contribution in [-0.4, -0.2) is 57.6 Å². The number of carbonyl (C=O) groups is 5. The highest BCUT2D eigenvalue weighted by atomic mass is 19.4. The standard InChI is InChI=1S/C31H31F3N2O7/c1-13(2)21-19-10-16-9-18-17(15-5-3-14(4-6-15)11-36-12-30(32,33)34)7-8-20(37)23(18)26(39)22(16)27(40)31(19,43)28(41)24(25(21)38)29(35)42/h3-8,13,16,19,21-22,24,36-37,43H,9-12H2,1-2H3,(H2,35,42)/t16-,19-,21-,22?,24?,31-/m0/s1. The molecule has 6 atom stereocenters. The first kappa shape index (κ1) is 30.6. The van der Waals surface area contributed by atoms with Gasteiger partial charge in [-0.05, 0) is 53.0 Å². The molecular formula is C31H31F3N2O7.